The van der Waals surface area contributed by atoms with Crippen LogP contribution in [0.4, 0.5) is 4.39 Å². The molecule has 0 radical (unpaired) electrons. The standard InChI is InChI=1S/C24H31FN4O2.HI/c1-17-15-29(16-18(2)31-17)23(30)21-10-8-19(9-11-21)14-28-24(26-3)27-13-12-20-6-4-5-7-22(20)25;/h4-11,17-18H,12-16H2,1-3H3,(H2,26,27,28);1H. The number of amides is 1. The summed E-state index contributed by atoms with van der Waals surface area (Å²) in [7, 11) is 1.70. The quantitative estimate of drug-likeness (QED) is 0.326. The number of carbonyl (C=O) groups is 1. The van der Waals surface area contributed by atoms with Crippen molar-refractivity contribution in [3.63, 3.8) is 0 Å². The first kappa shape index (κ1) is 26.1. The van der Waals surface area contributed by atoms with Gasteiger partial charge in [0, 0.05) is 38.8 Å². The van der Waals surface area contributed by atoms with Gasteiger partial charge in [0.2, 0.25) is 0 Å². The number of carbonyl (C=O) groups excluding carboxylic acids is 1. The summed E-state index contributed by atoms with van der Waals surface area (Å²) in [6, 6.07) is 14.4. The van der Waals surface area contributed by atoms with Gasteiger partial charge in [0.1, 0.15) is 5.82 Å². The van der Waals surface area contributed by atoms with Crippen LogP contribution in [-0.2, 0) is 17.7 Å². The molecule has 1 aliphatic rings. The van der Waals surface area contributed by atoms with Crippen molar-refractivity contribution in [3.05, 3.63) is 71.0 Å². The Bertz CT molecular complexity index is 897. The third kappa shape index (κ3) is 7.44. The molecule has 1 amide bonds. The van der Waals surface area contributed by atoms with Crippen LogP contribution in [0, 0.1) is 5.82 Å². The molecule has 2 unspecified atom stereocenters. The van der Waals surface area contributed by atoms with Crippen molar-refractivity contribution < 1.29 is 13.9 Å². The summed E-state index contributed by atoms with van der Waals surface area (Å²) >= 11 is 0. The van der Waals surface area contributed by atoms with Crippen molar-refractivity contribution >= 4 is 35.8 Å². The largest absolute Gasteiger partial charge is 0.372 e. The summed E-state index contributed by atoms with van der Waals surface area (Å²) in [5.41, 5.74) is 2.39. The second-order valence-corrected chi connectivity index (χ2v) is 7.86. The summed E-state index contributed by atoms with van der Waals surface area (Å²) in [5, 5.41) is 6.44. The minimum atomic E-state index is -0.192. The summed E-state index contributed by atoms with van der Waals surface area (Å²) in [5.74, 6) is 0.489. The van der Waals surface area contributed by atoms with Gasteiger partial charge in [0.05, 0.1) is 12.2 Å². The first-order chi connectivity index (χ1) is 15.0. The molecule has 2 atom stereocenters. The summed E-state index contributed by atoms with van der Waals surface area (Å²) in [6.45, 7) is 6.34. The van der Waals surface area contributed by atoms with Gasteiger partial charge in [-0.1, -0.05) is 30.3 Å². The Labute approximate surface area is 206 Å². The van der Waals surface area contributed by atoms with Crippen LogP contribution in [0.5, 0.6) is 0 Å². The van der Waals surface area contributed by atoms with Crippen molar-refractivity contribution in [2.45, 2.75) is 39.0 Å². The Morgan fingerprint density at radius 1 is 1.09 bits per heavy atom. The first-order valence-corrected chi connectivity index (χ1v) is 10.7. The molecule has 2 aromatic rings. The van der Waals surface area contributed by atoms with Crippen molar-refractivity contribution in [1.82, 2.24) is 15.5 Å². The van der Waals surface area contributed by atoms with Crippen molar-refractivity contribution in [2.24, 2.45) is 4.99 Å². The lowest BCUT2D eigenvalue weighted by Crippen LogP contribution is -2.48. The normalized spacial score (nSPS) is 18.6. The number of aliphatic imine (C=N–C) groups is 1. The average Bonchev–Trinajstić information content (AvgIpc) is 2.76. The fraction of sp³-hybridized carbons (Fsp3) is 0.417. The van der Waals surface area contributed by atoms with Crippen LogP contribution in [-0.4, -0.2) is 55.7 Å². The minimum absolute atomic E-state index is 0. The highest BCUT2D eigenvalue weighted by atomic mass is 127. The Balaban J connectivity index is 0.00000363. The molecule has 0 bridgehead atoms. The molecule has 0 aromatic heterocycles. The highest BCUT2D eigenvalue weighted by Gasteiger charge is 2.26. The zero-order chi connectivity index (χ0) is 22.2. The van der Waals surface area contributed by atoms with E-state index in [2.05, 4.69) is 15.6 Å². The molecule has 2 N–H and O–H groups in total. The summed E-state index contributed by atoms with van der Waals surface area (Å²) < 4.78 is 19.4. The average molecular weight is 554 g/mol. The van der Waals surface area contributed by atoms with Gasteiger partial charge in [-0.2, -0.15) is 0 Å². The van der Waals surface area contributed by atoms with Gasteiger partial charge in [-0.3, -0.25) is 9.79 Å². The van der Waals surface area contributed by atoms with Gasteiger partial charge >= 0.3 is 0 Å². The Kier molecular flexibility index (Phi) is 10.4. The highest BCUT2D eigenvalue weighted by molar-refractivity contribution is 14.0. The van der Waals surface area contributed by atoms with E-state index in [4.69, 9.17) is 4.74 Å². The topological polar surface area (TPSA) is 66.0 Å². The number of ether oxygens (including phenoxy) is 1. The van der Waals surface area contributed by atoms with E-state index in [1.807, 2.05) is 49.1 Å². The predicted octanol–water partition coefficient (Wildman–Crippen LogP) is 3.60. The van der Waals surface area contributed by atoms with E-state index in [0.717, 1.165) is 5.56 Å². The van der Waals surface area contributed by atoms with Crippen molar-refractivity contribution in [3.8, 4) is 0 Å². The van der Waals surface area contributed by atoms with Gasteiger partial charge in [-0.25, -0.2) is 4.39 Å². The Morgan fingerprint density at radius 3 is 2.38 bits per heavy atom. The number of guanidine groups is 1. The lowest BCUT2D eigenvalue weighted by Gasteiger charge is -2.35. The van der Waals surface area contributed by atoms with Crippen molar-refractivity contribution in [1.29, 1.82) is 0 Å². The van der Waals surface area contributed by atoms with E-state index >= 15 is 0 Å². The van der Waals surface area contributed by atoms with Gasteiger partial charge < -0.3 is 20.3 Å². The number of hydrogen-bond acceptors (Lipinski definition) is 3. The maximum absolute atomic E-state index is 13.7. The zero-order valence-corrected chi connectivity index (χ0v) is 21.1. The van der Waals surface area contributed by atoms with E-state index in [-0.39, 0.29) is 47.9 Å². The Morgan fingerprint density at radius 2 is 1.75 bits per heavy atom. The summed E-state index contributed by atoms with van der Waals surface area (Å²) in [4.78, 5) is 18.8. The third-order valence-corrected chi connectivity index (χ3v) is 5.24. The molecule has 6 nitrogen and oxygen atoms in total. The molecule has 3 rings (SSSR count). The van der Waals surface area contributed by atoms with Crippen LogP contribution < -0.4 is 10.6 Å². The maximum atomic E-state index is 13.7. The fourth-order valence-corrected chi connectivity index (χ4v) is 3.71. The highest BCUT2D eigenvalue weighted by Crippen LogP contribution is 2.15. The molecule has 174 valence electrons. The second-order valence-electron chi connectivity index (χ2n) is 7.86. The van der Waals surface area contributed by atoms with Crippen LogP contribution in [0.15, 0.2) is 53.5 Å². The minimum Gasteiger partial charge on any atom is -0.372 e. The lowest BCUT2D eigenvalue weighted by molar-refractivity contribution is -0.0586. The third-order valence-electron chi connectivity index (χ3n) is 5.24. The van der Waals surface area contributed by atoms with E-state index in [1.54, 1.807) is 19.2 Å². The van der Waals surface area contributed by atoms with E-state index in [9.17, 15) is 9.18 Å². The molecule has 32 heavy (non-hydrogen) atoms. The molecular weight excluding hydrogens is 522 g/mol. The number of hydrogen-bond donors (Lipinski definition) is 2. The van der Waals surface area contributed by atoms with Gasteiger partial charge in [0.15, 0.2) is 5.96 Å². The smallest absolute Gasteiger partial charge is 0.254 e. The molecule has 8 heteroatoms. The number of halogens is 2. The number of rotatable bonds is 6. The fourth-order valence-electron chi connectivity index (χ4n) is 3.71. The molecule has 2 aromatic carbocycles. The molecule has 1 aliphatic heterocycles. The molecule has 0 saturated carbocycles. The number of morpholine rings is 1. The van der Waals surface area contributed by atoms with E-state index in [0.29, 0.717) is 49.7 Å². The van der Waals surface area contributed by atoms with Crippen LogP contribution in [0.3, 0.4) is 0 Å². The van der Waals surface area contributed by atoms with E-state index in [1.165, 1.54) is 6.07 Å². The van der Waals surface area contributed by atoms with Crippen LogP contribution in [0.25, 0.3) is 0 Å². The van der Waals surface area contributed by atoms with Crippen LogP contribution >= 0.6 is 24.0 Å². The Hall–Kier alpha value is -2.20. The van der Waals surface area contributed by atoms with Crippen LogP contribution in [0.1, 0.15) is 35.3 Å². The number of nitrogens with one attached hydrogen (secondary N) is 2. The van der Waals surface area contributed by atoms with Gasteiger partial charge in [0.25, 0.3) is 5.91 Å². The molecule has 1 saturated heterocycles. The SMILES string of the molecule is CN=C(NCCc1ccccc1F)NCc1ccc(C(=O)N2CC(C)OC(C)C2)cc1.I. The molecule has 1 heterocycles. The molecular formula is C24H32FIN4O2. The van der Waals surface area contributed by atoms with Gasteiger partial charge in [-0.15, -0.1) is 24.0 Å². The second kappa shape index (κ2) is 12.7. The molecule has 0 aliphatic carbocycles. The first-order valence-electron chi connectivity index (χ1n) is 10.7. The van der Waals surface area contributed by atoms with Gasteiger partial charge in [-0.05, 0) is 49.6 Å². The van der Waals surface area contributed by atoms with Crippen LogP contribution in [0.2, 0.25) is 0 Å². The monoisotopic (exact) mass is 554 g/mol. The lowest BCUT2D eigenvalue weighted by atomic mass is 10.1. The number of nitrogens with zero attached hydrogens (tertiary/aromatic N) is 2. The summed E-state index contributed by atoms with van der Waals surface area (Å²) in [6.07, 6.45) is 0.672. The molecule has 0 spiro atoms. The predicted molar refractivity (Wildman–Crippen MR) is 136 cm³/mol. The number of benzene rings is 2. The van der Waals surface area contributed by atoms with Crippen molar-refractivity contribution in [2.75, 3.05) is 26.7 Å². The molecule has 1 fully saturated rings. The van der Waals surface area contributed by atoms with E-state index < -0.39 is 0 Å². The maximum Gasteiger partial charge on any atom is 0.254 e. The zero-order valence-electron chi connectivity index (χ0n) is 18.8.